The zero-order valence-electron chi connectivity index (χ0n) is 15.6. The molecule has 0 amide bonds. The summed E-state index contributed by atoms with van der Waals surface area (Å²) in [7, 11) is 0. The van der Waals surface area contributed by atoms with E-state index in [1.165, 1.54) is 83.5 Å². The first-order valence-corrected chi connectivity index (χ1v) is 11.7. The first-order chi connectivity index (χ1) is 11.2. The lowest BCUT2D eigenvalue weighted by Crippen LogP contribution is -2.25. The Labute approximate surface area is 158 Å². The maximum Gasteiger partial charge on any atom is 0.0575 e. The summed E-state index contributed by atoms with van der Waals surface area (Å²) in [4.78, 5) is 0. The van der Waals surface area contributed by atoms with Crippen LogP contribution in [0.15, 0.2) is 0 Å². The molecule has 2 aliphatic rings. The normalized spacial score (nSPS) is 33.5. The van der Waals surface area contributed by atoms with Gasteiger partial charge in [0.15, 0.2) is 0 Å². The van der Waals surface area contributed by atoms with E-state index in [4.69, 9.17) is 4.74 Å². The van der Waals surface area contributed by atoms with Crippen molar-refractivity contribution in [3.8, 4) is 0 Å². The van der Waals surface area contributed by atoms with Gasteiger partial charge in [0, 0.05) is 10.5 Å². The fraction of sp³-hybridized carbons (Fsp3) is 1.00. The van der Waals surface area contributed by atoms with Crippen LogP contribution in [0.4, 0.5) is 0 Å². The maximum absolute atomic E-state index is 6.24. The van der Waals surface area contributed by atoms with E-state index in [-0.39, 0.29) is 0 Å². The third-order valence-corrected chi connectivity index (χ3v) is 7.47. The summed E-state index contributed by atoms with van der Waals surface area (Å²) in [6.07, 6.45) is 18.9. The number of ether oxygens (including phenoxy) is 1. The lowest BCUT2D eigenvalue weighted by atomic mass is 9.80. The van der Waals surface area contributed by atoms with Crippen LogP contribution in [0.25, 0.3) is 0 Å². The fourth-order valence-corrected chi connectivity index (χ4v) is 5.50. The molecule has 0 heterocycles. The molecule has 0 aromatic carbocycles. The monoisotopic (exact) mass is 434 g/mol. The van der Waals surface area contributed by atoms with Crippen LogP contribution >= 0.6 is 22.6 Å². The van der Waals surface area contributed by atoms with E-state index in [1.54, 1.807) is 0 Å². The largest absolute Gasteiger partial charge is 0.378 e. The molecule has 1 atom stereocenters. The van der Waals surface area contributed by atoms with E-state index >= 15 is 0 Å². The molecule has 2 fully saturated rings. The molecule has 0 spiro atoms. The van der Waals surface area contributed by atoms with Crippen molar-refractivity contribution >= 4 is 22.6 Å². The van der Waals surface area contributed by atoms with Gasteiger partial charge in [0.05, 0.1) is 6.10 Å². The Morgan fingerprint density at radius 1 is 0.913 bits per heavy atom. The van der Waals surface area contributed by atoms with E-state index in [0.717, 1.165) is 28.3 Å². The summed E-state index contributed by atoms with van der Waals surface area (Å²) in [5.74, 6) is 2.82. The molecular formula is C21H39IO. The first-order valence-electron chi connectivity index (χ1n) is 10.4. The van der Waals surface area contributed by atoms with Gasteiger partial charge in [0.1, 0.15) is 0 Å². The molecule has 2 rings (SSSR count). The number of rotatable bonds is 9. The molecule has 0 aliphatic heterocycles. The Balaban J connectivity index is 1.50. The SMILES string of the molecule is CCCC(I)CCCC1CCC(COC2CCC(C)CC2)CC1. The zero-order valence-corrected chi connectivity index (χ0v) is 17.7. The quantitative estimate of drug-likeness (QED) is 0.276. The third kappa shape index (κ3) is 8.07. The average molecular weight is 434 g/mol. The zero-order chi connectivity index (χ0) is 16.5. The van der Waals surface area contributed by atoms with Gasteiger partial charge in [0.25, 0.3) is 0 Å². The summed E-state index contributed by atoms with van der Waals surface area (Å²) in [5, 5.41) is 0. The Hall–Kier alpha value is 0.690. The van der Waals surface area contributed by atoms with E-state index < -0.39 is 0 Å². The maximum atomic E-state index is 6.24. The van der Waals surface area contributed by atoms with Crippen molar-refractivity contribution in [2.24, 2.45) is 17.8 Å². The molecule has 2 heteroatoms. The second kappa shape index (κ2) is 11.3. The van der Waals surface area contributed by atoms with Crippen LogP contribution < -0.4 is 0 Å². The summed E-state index contributed by atoms with van der Waals surface area (Å²) in [6.45, 7) is 5.75. The van der Waals surface area contributed by atoms with Crippen molar-refractivity contribution in [2.45, 2.75) is 107 Å². The van der Waals surface area contributed by atoms with Crippen LogP contribution in [0.5, 0.6) is 0 Å². The number of alkyl halides is 1. The lowest BCUT2D eigenvalue weighted by molar-refractivity contribution is -0.00841. The van der Waals surface area contributed by atoms with Crippen LogP contribution in [0.3, 0.4) is 0 Å². The molecule has 0 bridgehead atoms. The van der Waals surface area contributed by atoms with Crippen molar-refractivity contribution in [2.75, 3.05) is 6.61 Å². The number of hydrogen-bond acceptors (Lipinski definition) is 1. The summed E-state index contributed by atoms with van der Waals surface area (Å²) >= 11 is 2.66. The van der Waals surface area contributed by atoms with Gasteiger partial charge in [0.2, 0.25) is 0 Å². The highest BCUT2D eigenvalue weighted by Gasteiger charge is 2.24. The van der Waals surface area contributed by atoms with Crippen molar-refractivity contribution in [3.05, 3.63) is 0 Å². The Kier molecular flexibility index (Phi) is 9.86. The third-order valence-electron chi connectivity index (χ3n) is 6.23. The van der Waals surface area contributed by atoms with Crippen LogP contribution in [0.2, 0.25) is 0 Å². The molecular weight excluding hydrogens is 395 g/mol. The minimum absolute atomic E-state index is 0.586. The van der Waals surface area contributed by atoms with Crippen LogP contribution in [0.1, 0.15) is 97.3 Å². The smallest absolute Gasteiger partial charge is 0.0575 e. The fourth-order valence-electron chi connectivity index (χ4n) is 4.44. The second-order valence-electron chi connectivity index (χ2n) is 8.42. The predicted molar refractivity (Wildman–Crippen MR) is 109 cm³/mol. The van der Waals surface area contributed by atoms with E-state index in [1.807, 2.05) is 0 Å². The first kappa shape index (κ1) is 20.0. The molecule has 2 saturated carbocycles. The predicted octanol–water partition coefficient (Wildman–Crippen LogP) is 7.16. The van der Waals surface area contributed by atoms with Gasteiger partial charge in [-0.1, -0.05) is 68.5 Å². The molecule has 1 nitrogen and oxygen atoms in total. The Morgan fingerprint density at radius 3 is 2.22 bits per heavy atom. The minimum Gasteiger partial charge on any atom is -0.378 e. The molecule has 136 valence electrons. The summed E-state index contributed by atoms with van der Waals surface area (Å²) in [6, 6.07) is 0. The average Bonchev–Trinajstić information content (AvgIpc) is 2.56. The summed E-state index contributed by atoms with van der Waals surface area (Å²) < 4.78 is 7.16. The standard InChI is InChI=1S/C21H39IO/c1-3-5-20(22)7-4-6-18-10-12-19(13-11-18)16-23-21-14-8-17(2)9-15-21/h17-21H,3-16H2,1-2H3. The van der Waals surface area contributed by atoms with Crippen molar-refractivity contribution in [1.29, 1.82) is 0 Å². The number of hydrogen-bond donors (Lipinski definition) is 0. The van der Waals surface area contributed by atoms with Crippen molar-refractivity contribution < 1.29 is 4.74 Å². The van der Waals surface area contributed by atoms with Crippen LogP contribution in [-0.4, -0.2) is 16.6 Å². The molecule has 1 unspecified atom stereocenters. The highest BCUT2D eigenvalue weighted by molar-refractivity contribution is 14.1. The number of halogens is 1. The van der Waals surface area contributed by atoms with Crippen LogP contribution in [0, 0.1) is 17.8 Å². The van der Waals surface area contributed by atoms with Crippen LogP contribution in [-0.2, 0) is 4.74 Å². The molecule has 0 saturated heterocycles. The lowest BCUT2D eigenvalue weighted by Gasteiger charge is -2.31. The van der Waals surface area contributed by atoms with E-state index in [2.05, 4.69) is 36.4 Å². The highest BCUT2D eigenvalue weighted by atomic mass is 127. The minimum atomic E-state index is 0.586. The van der Waals surface area contributed by atoms with Gasteiger partial charge >= 0.3 is 0 Å². The van der Waals surface area contributed by atoms with Gasteiger partial charge in [-0.15, -0.1) is 0 Å². The van der Waals surface area contributed by atoms with E-state index in [9.17, 15) is 0 Å². The van der Waals surface area contributed by atoms with Gasteiger partial charge in [-0.2, -0.15) is 0 Å². The second-order valence-corrected chi connectivity index (χ2v) is 10.2. The molecule has 0 aromatic heterocycles. The Bertz CT molecular complexity index is 290. The highest BCUT2D eigenvalue weighted by Crippen LogP contribution is 2.34. The molecule has 0 aromatic rings. The molecule has 0 radical (unpaired) electrons. The van der Waals surface area contributed by atoms with E-state index in [0.29, 0.717) is 6.10 Å². The summed E-state index contributed by atoms with van der Waals surface area (Å²) in [5.41, 5.74) is 0. The van der Waals surface area contributed by atoms with Gasteiger partial charge in [-0.3, -0.25) is 0 Å². The van der Waals surface area contributed by atoms with Crippen molar-refractivity contribution in [3.63, 3.8) is 0 Å². The molecule has 2 aliphatic carbocycles. The Morgan fingerprint density at radius 2 is 1.57 bits per heavy atom. The topological polar surface area (TPSA) is 9.23 Å². The molecule has 23 heavy (non-hydrogen) atoms. The molecule has 0 N–H and O–H groups in total. The van der Waals surface area contributed by atoms with Gasteiger partial charge in [-0.05, 0) is 69.1 Å². The van der Waals surface area contributed by atoms with Crippen molar-refractivity contribution in [1.82, 2.24) is 0 Å². The van der Waals surface area contributed by atoms with Gasteiger partial charge in [-0.25, -0.2) is 0 Å². The van der Waals surface area contributed by atoms with Gasteiger partial charge < -0.3 is 4.74 Å².